The van der Waals surface area contributed by atoms with E-state index in [1.54, 1.807) is 19.1 Å². The van der Waals surface area contributed by atoms with Crippen LogP contribution in [0.2, 0.25) is 0 Å². The van der Waals surface area contributed by atoms with E-state index in [0.717, 1.165) is 19.3 Å². The summed E-state index contributed by atoms with van der Waals surface area (Å²) in [6.45, 7) is 3.03. The van der Waals surface area contributed by atoms with Crippen LogP contribution in [0.5, 0.6) is 5.75 Å². The number of unbranched alkanes of at least 4 members (excludes halogenated alkanes) is 3. The van der Waals surface area contributed by atoms with E-state index in [1.807, 2.05) is 6.92 Å². The molecule has 2 aliphatic heterocycles. The van der Waals surface area contributed by atoms with Gasteiger partial charge in [0.25, 0.3) is 11.8 Å². The standard InChI is InChI=1S/C61H95N13O18S2/c1-5-34(2)53(73-92-33-62)59(88)67-27-50(82)69-44-32-94(90)61-41(23-38(29-75)68-60(89)54(35(3)45(78)30-76)71-49(81)24-39(77)26-66-57(86)43(25-47(63)79)70-58(44)87)40-16-17-46(91-4)42(55(40)72-61)31-93-22-10-9-20-64-48(80)11-7-6-8-21-65-56(85)37-14-12-36(13-15-37)28-74-51(83)18-19-52(74)84/h16-19,34-39,43-45,53-54,72-73,75-78H,5-15,20-33,62H2,1-4H3,(H2,63,79)(H,64,80)(H,65,85)(H,66,86)(H,67,88)(H,68,89)(H,69,82)(H,70,87)(H,71,81)/t34-,35-,36?,37?,38-,39+,43-,44-,45-,53-,54-,94?/m0/s1. The lowest BCUT2D eigenvalue weighted by Gasteiger charge is -2.30. The third kappa shape index (κ3) is 24.1. The predicted octanol–water partition coefficient (Wildman–Crippen LogP) is -2.99. The topological polar surface area (TPSA) is 490 Å². The summed E-state index contributed by atoms with van der Waals surface area (Å²) < 4.78 is 21.0. The molecule has 3 aliphatic rings. The maximum atomic E-state index is 15.2. The Bertz CT molecular complexity index is 2930. The van der Waals surface area contributed by atoms with E-state index in [0.29, 0.717) is 105 Å². The normalized spacial score (nSPS) is 23.1. The van der Waals surface area contributed by atoms with E-state index >= 15 is 4.55 Å². The highest BCUT2D eigenvalue weighted by atomic mass is 32.2. The molecule has 3 heterocycles. The van der Waals surface area contributed by atoms with Crippen molar-refractivity contribution in [2.45, 2.75) is 164 Å². The molecule has 1 aliphatic carbocycles. The number of β-amino-alcohol motifs (C(OH)–C–C–N with tert-alkyl or cyclic N) is 1. The molecule has 31 nitrogen and oxygen atoms in total. The molecule has 1 aromatic carbocycles. The number of aromatic amines is 1. The highest BCUT2D eigenvalue weighted by Gasteiger charge is 2.38. The SMILES string of the molecule is CC[C@H](C)[C@H](NOCN)C(=O)NCC(=O)N[C@H]1C[S+]([O-])c2[nH]c3c(CSCCCCNC(=O)CCCCCNC(=O)C4CCC(CN5C(=O)C=CC5=O)CC4)c(OC)ccc3c2C[C@@H](CO)NC(=O)[C@H]([C@@H](C)[C@@H](O)CO)NC(=O)C[C@@H](O)CNC(=O)[C@H](CC(N)=O)NC1=O. The van der Waals surface area contributed by atoms with E-state index < -0.39 is 146 Å². The Morgan fingerprint density at radius 3 is 2.23 bits per heavy atom. The van der Waals surface area contributed by atoms with Gasteiger partial charge in [-0.25, -0.2) is 0 Å². The van der Waals surface area contributed by atoms with Gasteiger partial charge in [0, 0.05) is 96.5 Å². The van der Waals surface area contributed by atoms with Crippen molar-refractivity contribution in [1.82, 2.24) is 57.9 Å². The molecule has 0 saturated heterocycles. The van der Waals surface area contributed by atoms with Crippen LogP contribution in [-0.4, -0.2) is 214 Å². The number of methoxy groups -OCH3 is 1. The Morgan fingerprint density at radius 2 is 1.57 bits per heavy atom. The van der Waals surface area contributed by atoms with Crippen LogP contribution in [-0.2, 0) is 80.9 Å². The number of carbonyl (C=O) groups excluding carboxylic acids is 11. The molecule has 0 spiro atoms. The Balaban J connectivity index is 1.31. The minimum Gasteiger partial charge on any atom is -0.610 e. The Kier molecular flexibility index (Phi) is 32.9. The van der Waals surface area contributed by atoms with Crippen molar-refractivity contribution in [2.75, 3.05) is 71.3 Å². The van der Waals surface area contributed by atoms with Gasteiger partial charge in [-0.1, -0.05) is 33.6 Å². The zero-order valence-corrected chi connectivity index (χ0v) is 55.4. The number of nitrogens with zero attached hydrogens (tertiary/aromatic N) is 1. The summed E-state index contributed by atoms with van der Waals surface area (Å²) >= 11 is -0.847. The number of nitrogens with two attached hydrogens (primary N) is 2. The molecule has 1 saturated carbocycles. The maximum Gasteiger partial charge on any atom is 0.253 e. The first-order chi connectivity index (χ1) is 44.9. The summed E-state index contributed by atoms with van der Waals surface area (Å²) in [5.74, 6) is -8.28. The first kappa shape index (κ1) is 77.8. The van der Waals surface area contributed by atoms with Crippen LogP contribution in [0.25, 0.3) is 10.9 Å². The number of thioether (sulfide) groups is 1. The lowest BCUT2D eigenvalue weighted by molar-refractivity contribution is -0.138. The lowest BCUT2D eigenvalue weighted by atomic mass is 9.81. The number of nitrogens with one attached hydrogen (secondary N) is 10. The molecule has 5 rings (SSSR count). The summed E-state index contributed by atoms with van der Waals surface area (Å²) in [6.07, 6.45) is 4.72. The van der Waals surface area contributed by atoms with Crippen molar-refractivity contribution < 1.29 is 87.3 Å². The van der Waals surface area contributed by atoms with Gasteiger partial charge in [0.2, 0.25) is 58.2 Å². The molecule has 524 valence electrons. The first-order valence-corrected chi connectivity index (χ1v) is 34.3. The Hall–Kier alpha value is -6.95. The van der Waals surface area contributed by atoms with E-state index in [-0.39, 0.29) is 65.1 Å². The fourth-order valence-corrected chi connectivity index (χ4v) is 13.5. The van der Waals surface area contributed by atoms with E-state index in [2.05, 4.69) is 53.0 Å². The van der Waals surface area contributed by atoms with Crippen LogP contribution in [0.3, 0.4) is 0 Å². The molecule has 33 heteroatoms. The predicted molar refractivity (Wildman–Crippen MR) is 345 cm³/mol. The number of rotatable bonds is 32. The first-order valence-electron chi connectivity index (χ1n) is 31.9. The number of aromatic nitrogens is 1. The number of aliphatic hydroxyl groups excluding tert-OH is 4. The van der Waals surface area contributed by atoms with E-state index in [1.165, 1.54) is 42.8 Å². The van der Waals surface area contributed by atoms with Crippen LogP contribution in [0.1, 0.15) is 115 Å². The number of hydrogen-bond donors (Lipinski definition) is 16. The number of hydrogen-bond acceptors (Lipinski definition) is 21. The molecule has 11 amide bonds. The average molecular weight is 1360 g/mol. The van der Waals surface area contributed by atoms with E-state index in [4.69, 9.17) is 21.0 Å². The number of hydroxylamine groups is 1. The molecule has 10 atom stereocenters. The van der Waals surface area contributed by atoms with Gasteiger partial charge < -0.3 is 88.7 Å². The third-order valence-electron chi connectivity index (χ3n) is 16.9. The second-order valence-electron chi connectivity index (χ2n) is 23.9. The monoisotopic (exact) mass is 1360 g/mol. The smallest absolute Gasteiger partial charge is 0.253 e. The van der Waals surface area contributed by atoms with Crippen LogP contribution in [0.15, 0.2) is 29.3 Å². The van der Waals surface area contributed by atoms with Gasteiger partial charge in [0.15, 0.2) is 6.04 Å². The fraction of sp³-hybridized carbons (Fsp3) is 0.656. The van der Waals surface area contributed by atoms with Crippen LogP contribution >= 0.6 is 11.8 Å². The quantitative estimate of drug-likeness (QED) is 0.0114. The summed E-state index contributed by atoms with van der Waals surface area (Å²) in [7, 11) is 1.46. The molecular weight excluding hydrogens is 1270 g/mol. The molecule has 1 unspecified atom stereocenters. The van der Waals surface area contributed by atoms with E-state index in [9.17, 15) is 73.2 Å². The molecule has 2 aromatic rings. The van der Waals surface area contributed by atoms with Gasteiger partial charge in [-0.15, -0.1) is 0 Å². The zero-order chi connectivity index (χ0) is 69.0. The van der Waals surface area contributed by atoms with Gasteiger partial charge >= 0.3 is 0 Å². The van der Waals surface area contributed by atoms with Gasteiger partial charge in [0.05, 0.1) is 63.5 Å². The minimum absolute atomic E-state index is 0.00260. The summed E-state index contributed by atoms with van der Waals surface area (Å²) in [5, 5.41) is 63.5. The van der Waals surface area contributed by atoms with Gasteiger partial charge in [-0.05, 0) is 81.1 Å². The Morgan fingerprint density at radius 1 is 0.872 bits per heavy atom. The van der Waals surface area contributed by atoms with Gasteiger partial charge in [-0.2, -0.15) is 17.2 Å². The van der Waals surface area contributed by atoms with Crippen LogP contribution in [0.4, 0.5) is 0 Å². The Labute approximate surface area is 553 Å². The molecule has 0 radical (unpaired) electrons. The number of ether oxygens (including phenoxy) is 1. The van der Waals surface area contributed by atoms with Crippen LogP contribution < -0.4 is 64.2 Å². The number of imide groups is 1. The number of aliphatic hydroxyl groups is 4. The average Bonchev–Trinajstić information content (AvgIpc) is 1.61. The van der Waals surface area contributed by atoms with Crippen molar-refractivity contribution >= 4 is 98.8 Å². The fourth-order valence-electron chi connectivity index (χ4n) is 11.1. The summed E-state index contributed by atoms with van der Waals surface area (Å²) in [4.78, 5) is 154. The summed E-state index contributed by atoms with van der Waals surface area (Å²) in [6, 6.07) is -4.02. The number of carbonyl (C=O) groups is 11. The van der Waals surface area contributed by atoms with Crippen molar-refractivity contribution in [2.24, 2.45) is 35.1 Å². The minimum atomic E-state index is -2.37. The number of benzene rings is 1. The summed E-state index contributed by atoms with van der Waals surface area (Å²) in [5.41, 5.74) is 14.8. The molecule has 94 heavy (non-hydrogen) atoms. The second kappa shape index (κ2) is 39.8. The van der Waals surface area contributed by atoms with Crippen LogP contribution in [0, 0.1) is 23.7 Å². The van der Waals surface area contributed by atoms with Crippen molar-refractivity contribution in [3.05, 3.63) is 35.4 Å². The maximum absolute atomic E-state index is 15.2. The largest absolute Gasteiger partial charge is 0.610 e. The van der Waals surface area contributed by atoms with Gasteiger partial charge in [-0.3, -0.25) is 62.5 Å². The number of fused-ring (bicyclic) bond motifs is 3. The van der Waals surface area contributed by atoms with Crippen molar-refractivity contribution in [1.29, 1.82) is 0 Å². The molecular formula is C61H95N13O18S2. The highest BCUT2D eigenvalue weighted by Crippen LogP contribution is 2.37. The van der Waals surface area contributed by atoms with Crippen molar-refractivity contribution in [3.63, 3.8) is 0 Å². The number of H-pyrrole nitrogens is 1. The lowest BCUT2D eigenvalue weighted by Crippen LogP contribution is -2.58. The third-order valence-corrected chi connectivity index (χ3v) is 19.4. The molecule has 18 N–H and O–H groups in total. The molecule has 1 fully saturated rings. The second-order valence-corrected chi connectivity index (χ2v) is 26.4. The van der Waals surface area contributed by atoms with Gasteiger partial charge in [0.1, 0.15) is 36.4 Å². The zero-order valence-electron chi connectivity index (χ0n) is 53.8. The highest BCUT2D eigenvalue weighted by molar-refractivity contribution is 7.98. The molecule has 1 aromatic heterocycles. The molecule has 0 bridgehead atoms. The number of primary amides is 1. The number of amides is 11. The van der Waals surface area contributed by atoms with Crippen molar-refractivity contribution in [3.8, 4) is 5.75 Å².